The first-order valence-corrected chi connectivity index (χ1v) is 18.4. The second-order valence-electron chi connectivity index (χ2n) is 14.4. The van der Waals surface area contributed by atoms with Crippen LogP contribution in [0.5, 0.6) is 0 Å². The smallest absolute Gasteiger partial charge is 0.328 e. The molecular formula is C34H54N8O12. The molecule has 0 aromatic carbocycles. The molecule has 7 amide bonds. The normalized spacial score (nSPS) is 21.9. The molecule has 54 heavy (non-hydrogen) atoms. The molecule has 3 fully saturated rings. The lowest BCUT2D eigenvalue weighted by Gasteiger charge is -2.33. The predicted molar refractivity (Wildman–Crippen MR) is 187 cm³/mol. The fourth-order valence-corrected chi connectivity index (χ4v) is 7.14. The van der Waals surface area contributed by atoms with Gasteiger partial charge in [0.25, 0.3) is 0 Å². The second kappa shape index (κ2) is 20.0. The molecule has 0 spiro atoms. The molecule has 7 unspecified atom stereocenters. The van der Waals surface area contributed by atoms with Crippen molar-refractivity contribution in [3.05, 3.63) is 0 Å². The summed E-state index contributed by atoms with van der Waals surface area (Å²) in [5.41, 5.74) is 11.2. The number of aliphatic hydroxyl groups is 1. The average molecular weight is 767 g/mol. The monoisotopic (exact) mass is 766 g/mol. The third kappa shape index (κ3) is 11.6. The predicted octanol–water partition coefficient (Wildman–Crippen LogP) is -3.01. The number of carboxylic acid groups (broad SMARTS) is 2. The highest BCUT2D eigenvalue weighted by Gasteiger charge is 2.44. The van der Waals surface area contributed by atoms with Crippen LogP contribution >= 0.6 is 0 Å². The van der Waals surface area contributed by atoms with E-state index in [1.807, 2.05) is 0 Å². The molecule has 3 rings (SSSR count). The van der Waals surface area contributed by atoms with Gasteiger partial charge in [-0.3, -0.25) is 38.4 Å². The van der Waals surface area contributed by atoms with Gasteiger partial charge in [-0.2, -0.15) is 0 Å². The standard InChI is InChI=1S/C34H54N8O12/c1-18(2)16-21(28(47)37-20(10-12-27(45)46)32(51)40-13-3-6-23(40)30(49)39-22(17-43)34(53)54)38-29(48)24-7-4-14-41(24)33(52)25-8-5-15-42(25)31(50)19(35)9-11-26(36)44/h18-25,43H,3-17,35H2,1-2H3,(H2,36,44)(H,37,47)(H,38,48)(H,39,49)(H,45,46)(H,53,54). The number of hydrogen-bond acceptors (Lipinski definition) is 11. The van der Waals surface area contributed by atoms with Crippen LogP contribution in [0.15, 0.2) is 0 Å². The number of aliphatic carboxylic acids is 2. The van der Waals surface area contributed by atoms with Crippen LogP contribution in [0.25, 0.3) is 0 Å². The van der Waals surface area contributed by atoms with Crippen molar-refractivity contribution in [3.63, 3.8) is 0 Å². The van der Waals surface area contributed by atoms with Crippen molar-refractivity contribution >= 4 is 53.3 Å². The molecule has 3 saturated heterocycles. The number of nitrogens with two attached hydrogens (primary N) is 2. The van der Waals surface area contributed by atoms with E-state index in [9.17, 15) is 58.5 Å². The van der Waals surface area contributed by atoms with Crippen molar-refractivity contribution in [3.8, 4) is 0 Å². The Bertz CT molecular complexity index is 1440. The maximum atomic E-state index is 13.8. The van der Waals surface area contributed by atoms with Crippen molar-refractivity contribution in [2.24, 2.45) is 17.4 Å². The van der Waals surface area contributed by atoms with Crippen LogP contribution in [0.4, 0.5) is 0 Å². The van der Waals surface area contributed by atoms with E-state index < -0.39 is 109 Å². The van der Waals surface area contributed by atoms with Gasteiger partial charge in [-0.15, -0.1) is 0 Å². The largest absolute Gasteiger partial charge is 0.481 e. The number of aliphatic hydroxyl groups excluding tert-OH is 1. The van der Waals surface area contributed by atoms with Gasteiger partial charge in [0.2, 0.25) is 41.4 Å². The van der Waals surface area contributed by atoms with E-state index in [0.29, 0.717) is 25.7 Å². The lowest BCUT2D eigenvalue weighted by atomic mass is 10.0. The lowest BCUT2D eigenvalue weighted by Crippen LogP contribution is -2.59. The highest BCUT2D eigenvalue weighted by atomic mass is 16.4. The van der Waals surface area contributed by atoms with Gasteiger partial charge in [0.1, 0.15) is 36.3 Å². The van der Waals surface area contributed by atoms with Gasteiger partial charge in [-0.25, -0.2) is 4.79 Å². The molecule has 0 aromatic heterocycles. The Hall–Kier alpha value is -4.85. The minimum absolute atomic E-state index is 0.0220. The SMILES string of the molecule is CC(C)CC(NC(=O)C1CCCN1C(=O)C1CCCN1C(=O)C(N)CCC(N)=O)C(=O)NC(CCC(=O)O)C(=O)N1CCCC1C(=O)NC(CO)C(=O)O. The summed E-state index contributed by atoms with van der Waals surface area (Å²) >= 11 is 0. The summed E-state index contributed by atoms with van der Waals surface area (Å²) in [5.74, 6) is -7.45. The molecule has 10 N–H and O–H groups in total. The summed E-state index contributed by atoms with van der Waals surface area (Å²) in [7, 11) is 0. The summed E-state index contributed by atoms with van der Waals surface area (Å²) in [5, 5.41) is 35.4. The molecule has 20 heteroatoms. The molecule has 302 valence electrons. The summed E-state index contributed by atoms with van der Waals surface area (Å²) in [6.07, 6.45) is 1.32. The molecule has 7 atom stereocenters. The van der Waals surface area contributed by atoms with Crippen LogP contribution in [-0.4, -0.2) is 152 Å². The Balaban J connectivity index is 1.75. The fraction of sp³-hybridized carbons (Fsp3) is 0.735. The minimum Gasteiger partial charge on any atom is -0.481 e. The number of nitrogens with one attached hydrogen (secondary N) is 3. The van der Waals surface area contributed by atoms with Gasteiger partial charge in [-0.1, -0.05) is 13.8 Å². The number of rotatable bonds is 19. The quantitative estimate of drug-likeness (QED) is 0.0651. The van der Waals surface area contributed by atoms with Crippen molar-refractivity contribution in [1.82, 2.24) is 30.7 Å². The maximum Gasteiger partial charge on any atom is 0.328 e. The summed E-state index contributed by atoms with van der Waals surface area (Å²) in [6.45, 7) is 3.28. The first-order chi connectivity index (χ1) is 25.5. The van der Waals surface area contributed by atoms with Gasteiger partial charge in [0.15, 0.2) is 0 Å². The zero-order valence-electron chi connectivity index (χ0n) is 30.7. The third-order valence-electron chi connectivity index (χ3n) is 9.92. The highest BCUT2D eigenvalue weighted by molar-refractivity contribution is 5.97. The molecule has 3 heterocycles. The van der Waals surface area contributed by atoms with Gasteiger partial charge in [0, 0.05) is 32.5 Å². The number of primary amides is 1. The first-order valence-electron chi connectivity index (χ1n) is 18.4. The summed E-state index contributed by atoms with van der Waals surface area (Å²) in [6, 6.07) is -8.24. The number of amides is 7. The minimum atomic E-state index is -1.61. The number of carbonyl (C=O) groups excluding carboxylic acids is 7. The van der Waals surface area contributed by atoms with Gasteiger partial charge in [-0.05, 0) is 63.7 Å². The van der Waals surface area contributed by atoms with Crippen molar-refractivity contribution in [1.29, 1.82) is 0 Å². The van der Waals surface area contributed by atoms with E-state index in [1.165, 1.54) is 9.80 Å². The Labute approximate surface area is 312 Å². The number of nitrogens with zero attached hydrogens (tertiary/aromatic N) is 3. The van der Waals surface area contributed by atoms with E-state index in [4.69, 9.17) is 11.5 Å². The molecule has 0 aromatic rings. The Morgan fingerprint density at radius 2 is 1.20 bits per heavy atom. The van der Waals surface area contributed by atoms with Crippen LogP contribution in [0.1, 0.15) is 84.5 Å². The fourth-order valence-electron chi connectivity index (χ4n) is 7.14. The van der Waals surface area contributed by atoms with E-state index in [2.05, 4.69) is 16.0 Å². The summed E-state index contributed by atoms with van der Waals surface area (Å²) in [4.78, 5) is 119. The van der Waals surface area contributed by atoms with Gasteiger partial charge in [0.05, 0.1) is 12.6 Å². The number of carbonyl (C=O) groups is 9. The number of hydrogen-bond donors (Lipinski definition) is 8. The van der Waals surface area contributed by atoms with Crippen molar-refractivity contribution in [2.45, 2.75) is 127 Å². The lowest BCUT2D eigenvalue weighted by molar-refractivity contribution is -0.147. The zero-order chi connectivity index (χ0) is 40.3. The van der Waals surface area contributed by atoms with Gasteiger partial charge >= 0.3 is 11.9 Å². The molecule has 0 saturated carbocycles. The molecule has 20 nitrogen and oxygen atoms in total. The van der Waals surface area contributed by atoms with Crippen LogP contribution < -0.4 is 27.4 Å². The molecule has 0 bridgehead atoms. The van der Waals surface area contributed by atoms with Crippen LogP contribution in [0.2, 0.25) is 0 Å². The van der Waals surface area contributed by atoms with E-state index in [-0.39, 0.29) is 64.1 Å². The van der Waals surface area contributed by atoms with Crippen LogP contribution in [-0.2, 0) is 43.2 Å². The third-order valence-corrected chi connectivity index (χ3v) is 9.92. The van der Waals surface area contributed by atoms with E-state index >= 15 is 0 Å². The number of likely N-dealkylation sites (tertiary alicyclic amines) is 3. The Morgan fingerprint density at radius 1 is 0.685 bits per heavy atom. The first kappa shape index (κ1) is 43.6. The second-order valence-corrected chi connectivity index (χ2v) is 14.4. The Morgan fingerprint density at radius 3 is 1.72 bits per heavy atom. The zero-order valence-corrected chi connectivity index (χ0v) is 30.7. The van der Waals surface area contributed by atoms with Gasteiger partial charge < -0.3 is 57.4 Å². The maximum absolute atomic E-state index is 13.8. The van der Waals surface area contributed by atoms with E-state index in [1.54, 1.807) is 13.8 Å². The highest BCUT2D eigenvalue weighted by Crippen LogP contribution is 2.26. The molecular weight excluding hydrogens is 712 g/mol. The topological polar surface area (TPSA) is 312 Å². The molecule has 0 radical (unpaired) electrons. The van der Waals surface area contributed by atoms with E-state index in [0.717, 1.165) is 4.90 Å². The van der Waals surface area contributed by atoms with Crippen molar-refractivity contribution in [2.75, 3.05) is 26.2 Å². The number of carboxylic acids is 2. The molecule has 0 aliphatic carbocycles. The summed E-state index contributed by atoms with van der Waals surface area (Å²) < 4.78 is 0. The molecule has 3 aliphatic rings. The van der Waals surface area contributed by atoms with Crippen LogP contribution in [0.3, 0.4) is 0 Å². The van der Waals surface area contributed by atoms with Crippen molar-refractivity contribution < 1.29 is 58.5 Å². The van der Waals surface area contributed by atoms with Crippen LogP contribution in [0, 0.1) is 5.92 Å². The average Bonchev–Trinajstić information content (AvgIpc) is 3.91. The molecule has 3 aliphatic heterocycles. The Kier molecular flexibility index (Phi) is 16.1.